The van der Waals surface area contributed by atoms with Gasteiger partial charge in [-0.1, -0.05) is 23.7 Å². The summed E-state index contributed by atoms with van der Waals surface area (Å²) in [4.78, 5) is 11.0. The van der Waals surface area contributed by atoms with Crippen molar-refractivity contribution in [2.75, 3.05) is 7.11 Å². The van der Waals surface area contributed by atoms with Crippen LogP contribution in [0, 0.1) is 5.82 Å². The Hall–Kier alpha value is -1.55. The highest BCUT2D eigenvalue weighted by molar-refractivity contribution is 6.32. The molecule has 0 aromatic heterocycles. The van der Waals surface area contributed by atoms with E-state index in [1.807, 2.05) is 0 Å². The summed E-state index contributed by atoms with van der Waals surface area (Å²) in [6, 6.07) is 4.23. The number of benzene rings is 1. The van der Waals surface area contributed by atoms with Crippen LogP contribution in [0.3, 0.4) is 0 Å². The van der Waals surface area contributed by atoms with Crippen molar-refractivity contribution in [3.63, 3.8) is 0 Å². The van der Waals surface area contributed by atoms with Gasteiger partial charge >= 0.3 is 5.97 Å². The molecule has 0 aliphatic carbocycles. The molecule has 2 N–H and O–H groups in total. The fourth-order valence-corrected chi connectivity index (χ4v) is 1.16. The minimum absolute atomic E-state index is 0.0793. The number of methoxy groups -OCH3 is 1. The zero-order chi connectivity index (χ0) is 11.4. The molecule has 0 saturated heterocycles. The quantitative estimate of drug-likeness (QED) is 0.623. The van der Waals surface area contributed by atoms with Gasteiger partial charge in [-0.2, -0.15) is 0 Å². The molecule has 0 spiro atoms. The van der Waals surface area contributed by atoms with E-state index in [0.29, 0.717) is 5.56 Å². The van der Waals surface area contributed by atoms with Gasteiger partial charge in [0.2, 0.25) is 0 Å². The van der Waals surface area contributed by atoms with Gasteiger partial charge in [0.1, 0.15) is 11.5 Å². The molecule has 1 rings (SSSR count). The van der Waals surface area contributed by atoms with Crippen LogP contribution < -0.4 is 5.73 Å². The van der Waals surface area contributed by atoms with Crippen molar-refractivity contribution in [3.8, 4) is 0 Å². The average Bonchev–Trinajstić information content (AvgIpc) is 2.23. The summed E-state index contributed by atoms with van der Waals surface area (Å²) in [5.74, 6) is -1.25. The molecule has 0 aliphatic heterocycles. The van der Waals surface area contributed by atoms with Crippen molar-refractivity contribution in [3.05, 3.63) is 40.3 Å². The van der Waals surface area contributed by atoms with Crippen molar-refractivity contribution in [1.29, 1.82) is 0 Å². The summed E-state index contributed by atoms with van der Waals surface area (Å²) in [6.45, 7) is 0. The van der Waals surface area contributed by atoms with Crippen molar-refractivity contribution >= 4 is 23.6 Å². The third kappa shape index (κ3) is 2.70. The SMILES string of the molecule is COC(=O)/C(N)=C/c1cccc(F)c1Cl. The Kier molecular flexibility index (Phi) is 3.68. The summed E-state index contributed by atoms with van der Waals surface area (Å²) in [5.41, 5.74) is 5.58. The highest BCUT2D eigenvalue weighted by Crippen LogP contribution is 2.21. The van der Waals surface area contributed by atoms with Gasteiger partial charge in [-0.25, -0.2) is 9.18 Å². The van der Waals surface area contributed by atoms with Crippen molar-refractivity contribution in [2.45, 2.75) is 0 Å². The standard InChI is InChI=1S/C10H9ClFNO2/c1-15-10(14)8(13)5-6-3-2-4-7(12)9(6)11/h2-5H,13H2,1H3/b8-5-. The van der Waals surface area contributed by atoms with Crippen LogP contribution in [0.4, 0.5) is 4.39 Å². The summed E-state index contributed by atoms with van der Waals surface area (Å²) in [6.07, 6.45) is 1.26. The molecular formula is C10H9ClFNO2. The van der Waals surface area contributed by atoms with Crippen molar-refractivity contribution in [2.24, 2.45) is 5.73 Å². The third-order valence-corrected chi connectivity index (χ3v) is 2.11. The molecule has 0 heterocycles. The van der Waals surface area contributed by atoms with Gasteiger partial charge in [-0.15, -0.1) is 0 Å². The topological polar surface area (TPSA) is 52.3 Å². The maximum atomic E-state index is 13.0. The molecule has 0 fully saturated rings. The predicted octanol–water partition coefficient (Wildman–Crippen LogP) is 1.95. The maximum absolute atomic E-state index is 13.0. The highest BCUT2D eigenvalue weighted by atomic mass is 35.5. The van der Waals surface area contributed by atoms with E-state index in [2.05, 4.69) is 4.74 Å². The van der Waals surface area contributed by atoms with Gasteiger partial charge in [0.15, 0.2) is 0 Å². The van der Waals surface area contributed by atoms with Crippen LogP contribution in [0.25, 0.3) is 6.08 Å². The van der Waals surface area contributed by atoms with Gasteiger partial charge in [0.05, 0.1) is 12.1 Å². The first kappa shape index (κ1) is 11.5. The maximum Gasteiger partial charge on any atom is 0.353 e. The zero-order valence-electron chi connectivity index (χ0n) is 7.96. The monoisotopic (exact) mass is 229 g/mol. The first-order valence-electron chi connectivity index (χ1n) is 4.05. The Morgan fingerprint density at radius 3 is 2.87 bits per heavy atom. The Morgan fingerprint density at radius 1 is 1.60 bits per heavy atom. The lowest BCUT2D eigenvalue weighted by Gasteiger charge is -2.01. The van der Waals surface area contributed by atoms with Crippen molar-refractivity contribution in [1.82, 2.24) is 0 Å². The summed E-state index contributed by atoms with van der Waals surface area (Å²) in [5, 5.41) is -0.0793. The fraction of sp³-hybridized carbons (Fsp3) is 0.100. The van der Waals surface area contributed by atoms with Gasteiger partial charge in [-0.3, -0.25) is 0 Å². The number of rotatable bonds is 2. The van der Waals surface area contributed by atoms with Crippen LogP contribution >= 0.6 is 11.6 Å². The van der Waals surface area contributed by atoms with Gasteiger partial charge in [-0.05, 0) is 17.7 Å². The molecule has 0 radical (unpaired) electrons. The fourth-order valence-electron chi connectivity index (χ4n) is 0.976. The Bertz CT molecular complexity index is 418. The minimum Gasteiger partial charge on any atom is -0.464 e. The molecule has 0 atom stereocenters. The Morgan fingerprint density at radius 2 is 2.27 bits per heavy atom. The van der Waals surface area contributed by atoms with E-state index in [4.69, 9.17) is 17.3 Å². The number of esters is 1. The molecule has 0 saturated carbocycles. The number of nitrogens with two attached hydrogens (primary N) is 1. The molecule has 5 heteroatoms. The Labute approximate surface area is 91.3 Å². The minimum atomic E-state index is -0.685. The van der Waals surface area contributed by atoms with E-state index in [1.54, 1.807) is 6.07 Å². The normalized spacial score (nSPS) is 11.3. The second-order valence-corrected chi connectivity index (χ2v) is 3.11. The van der Waals surface area contributed by atoms with Crippen LogP contribution in [-0.2, 0) is 9.53 Å². The Balaban J connectivity index is 3.08. The molecule has 0 bridgehead atoms. The average molecular weight is 230 g/mol. The number of halogens is 2. The smallest absolute Gasteiger partial charge is 0.353 e. The molecular weight excluding hydrogens is 221 g/mol. The van der Waals surface area contributed by atoms with E-state index in [-0.39, 0.29) is 10.7 Å². The molecule has 15 heavy (non-hydrogen) atoms. The summed E-state index contributed by atoms with van der Waals surface area (Å²) >= 11 is 5.66. The summed E-state index contributed by atoms with van der Waals surface area (Å²) < 4.78 is 17.4. The molecule has 3 nitrogen and oxygen atoms in total. The molecule has 1 aromatic carbocycles. The first-order valence-corrected chi connectivity index (χ1v) is 4.43. The van der Waals surface area contributed by atoms with E-state index in [1.165, 1.54) is 25.3 Å². The van der Waals surface area contributed by atoms with Crippen LogP contribution in [0.5, 0.6) is 0 Å². The van der Waals surface area contributed by atoms with E-state index in [9.17, 15) is 9.18 Å². The predicted molar refractivity (Wildman–Crippen MR) is 55.6 cm³/mol. The lowest BCUT2D eigenvalue weighted by Crippen LogP contribution is -2.12. The second-order valence-electron chi connectivity index (χ2n) is 2.73. The third-order valence-electron chi connectivity index (χ3n) is 1.71. The van der Waals surface area contributed by atoms with Crippen molar-refractivity contribution < 1.29 is 13.9 Å². The van der Waals surface area contributed by atoms with E-state index >= 15 is 0 Å². The molecule has 80 valence electrons. The number of carbonyl (C=O) groups excluding carboxylic acids is 1. The summed E-state index contributed by atoms with van der Waals surface area (Å²) in [7, 11) is 1.20. The van der Waals surface area contributed by atoms with Gasteiger partial charge in [0.25, 0.3) is 0 Å². The number of hydrogen-bond acceptors (Lipinski definition) is 3. The van der Waals surface area contributed by atoms with Gasteiger partial charge < -0.3 is 10.5 Å². The molecule has 1 aromatic rings. The zero-order valence-corrected chi connectivity index (χ0v) is 8.72. The lowest BCUT2D eigenvalue weighted by atomic mass is 10.2. The highest BCUT2D eigenvalue weighted by Gasteiger charge is 2.08. The van der Waals surface area contributed by atoms with Crippen LogP contribution in [0.1, 0.15) is 5.56 Å². The number of carbonyl (C=O) groups is 1. The van der Waals surface area contributed by atoms with E-state index < -0.39 is 11.8 Å². The number of hydrogen-bond donors (Lipinski definition) is 1. The number of ether oxygens (including phenoxy) is 1. The molecule has 0 aliphatic rings. The molecule has 0 amide bonds. The van der Waals surface area contributed by atoms with E-state index in [0.717, 1.165) is 0 Å². The largest absolute Gasteiger partial charge is 0.464 e. The van der Waals surface area contributed by atoms with Crippen LogP contribution in [0.2, 0.25) is 5.02 Å². The lowest BCUT2D eigenvalue weighted by molar-refractivity contribution is -0.136. The first-order chi connectivity index (χ1) is 7.06. The van der Waals surface area contributed by atoms with Crippen LogP contribution in [-0.4, -0.2) is 13.1 Å². The van der Waals surface area contributed by atoms with Gasteiger partial charge in [0, 0.05) is 0 Å². The molecule has 0 unspecified atom stereocenters. The second kappa shape index (κ2) is 4.79. The van der Waals surface area contributed by atoms with Crippen LogP contribution in [0.15, 0.2) is 23.9 Å².